The molecule has 4 aromatic rings. The Hall–Kier alpha value is -3.82. The Bertz CT molecular complexity index is 1350. The van der Waals surface area contributed by atoms with Crippen molar-refractivity contribution in [1.82, 2.24) is 24.8 Å². The third-order valence-electron chi connectivity index (χ3n) is 6.07. The van der Waals surface area contributed by atoms with Gasteiger partial charge in [0.25, 0.3) is 5.56 Å². The van der Waals surface area contributed by atoms with Gasteiger partial charge in [0.1, 0.15) is 18.0 Å². The fraction of sp³-hybridized carbons (Fsp3) is 0.367. The highest BCUT2D eigenvalue weighted by Gasteiger charge is 2.20. The molecule has 1 fully saturated rings. The zero-order chi connectivity index (χ0) is 28.3. The number of rotatable bonds is 6. The molecule has 0 atom stereocenters. The van der Waals surface area contributed by atoms with E-state index in [2.05, 4.69) is 20.2 Å². The van der Waals surface area contributed by atoms with Gasteiger partial charge in [0.15, 0.2) is 0 Å². The zero-order valence-electron chi connectivity index (χ0n) is 22.9. The molecule has 39 heavy (non-hydrogen) atoms. The number of amides is 1. The molecule has 5 rings (SSSR count). The van der Waals surface area contributed by atoms with E-state index < -0.39 is 5.60 Å². The minimum Gasteiger partial charge on any atom is -0.389 e. The highest BCUT2D eigenvalue weighted by Crippen LogP contribution is 2.16. The van der Waals surface area contributed by atoms with Crippen molar-refractivity contribution in [3.05, 3.63) is 100 Å². The molecule has 3 aromatic heterocycles. The first-order chi connectivity index (χ1) is 18.6. The number of carbonyl (C=O) groups excluding carboxylic acids is 1. The predicted molar refractivity (Wildman–Crippen MR) is 152 cm³/mol. The number of nitrogens with one attached hydrogen (secondary N) is 2. The zero-order valence-corrected chi connectivity index (χ0v) is 22.9. The van der Waals surface area contributed by atoms with Gasteiger partial charge >= 0.3 is 0 Å². The average molecular weight is 536 g/mol. The number of pyridine rings is 2. The third kappa shape index (κ3) is 10.1. The standard InChI is InChI=1S/C16H15FN4O2.C8H17NO.C6H6/c1-10-3-2-4-15(23)21(10)9-14(22)18-6-11-5-12-13(17)8-20-16(12)19-7-11;1-8(2,10)7-9-5-3-4-6-9;1-2-4-6-5-3-1/h2-5,7-8H,6,9H2,1H3,(H,18,22)(H,19,20);10H,3-7H2,1-2H3;1-6H. The molecule has 1 aliphatic rings. The first-order valence-corrected chi connectivity index (χ1v) is 13.1. The van der Waals surface area contributed by atoms with Crippen molar-refractivity contribution < 1.29 is 14.3 Å². The molecule has 0 unspecified atom stereocenters. The van der Waals surface area contributed by atoms with E-state index in [0.29, 0.717) is 22.3 Å². The van der Waals surface area contributed by atoms with Crippen LogP contribution in [0.3, 0.4) is 0 Å². The Labute approximate surface area is 228 Å². The van der Waals surface area contributed by atoms with E-state index in [1.807, 2.05) is 50.2 Å². The van der Waals surface area contributed by atoms with Crippen LogP contribution >= 0.6 is 0 Å². The Morgan fingerprint density at radius 1 is 1.10 bits per heavy atom. The summed E-state index contributed by atoms with van der Waals surface area (Å²) in [5, 5.41) is 12.5. The molecule has 0 spiro atoms. The van der Waals surface area contributed by atoms with E-state index in [9.17, 15) is 19.1 Å². The van der Waals surface area contributed by atoms with Gasteiger partial charge in [0.2, 0.25) is 5.91 Å². The van der Waals surface area contributed by atoms with Gasteiger partial charge < -0.3 is 24.9 Å². The summed E-state index contributed by atoms with van der Waals surface area (Å²) in [6, 6.07) is 18.5. The second kappa shape index (κ2) is 14.4. The Morgan fingerprint density at radius 2 is 1.74 bits per heavy atom. The maximum Gasteiger partial charge on any atom is 0.251 e. The summed E-state index contributed by atoms with van der Waals surface area (Å²) in [6.45, 7) is 8.82. The van der Waals surface area contributed by atoms with Crippen molar-refractivity contribution in [3.63, 3.8) is 0 Å². The number of fused-ring (bicyclic) bond motifs is 1. The maximum atomic E-state index is 13.5. The first kappa shape index (κ1) is 29.7. The molecular formula is C30H38FN5O3. The van der Waals surface area contributed by atoms with Gasteiger partial charge in [-0.05, 0) is 64.4 Å². The predicted octanol–water partition coefficient (Wildman–Crippen LogP) is 4.03. The van der Waals surface area contributed by atoms with Crippen molar-refractivity contribution in [3.8, 4) is 0 Å². The van der Waals surface area contributed by atoms with Crippen LogP contribution in [0.1, 0.15) is 37.9 Å². The van der Waals surface area contributed by atoms with E-state index in [0.717, 1.165) is 6.54 Å². The molecule has 0 bridgehead atoms. The van der Waals surface area contributed by atoms with E-state index in [1.165, 1.54) is 42.8 Å². The van der Waals surface area contributed by atoms with Gasteiger partial charge in [-0.15, -0.1) is 0 Å². The normalized spacial score (nSPS) is 13.3. The lowest BCUT2D eigenvalue weighted by Crippen LogP contribution is -2.36. The quantitative estimate of drug-likeness (QED) is 0.346. The second-order valence-corrected chi connectivity index (χ2v) is 10.2. The largest absolute Gasteiger partial charge is 0.389 e. The molecule has 1 amide bonds. The van der Waals surface area contributed by atoms with Crippen molar-refractivity contribution >= 4 is 16.9 Å². The number of aromatic nitrogens is 3. The van der Waals surface area contributed by atoms with Crippen LogP contribution in [0.2, 0.25) is 0 Å². The van der Waals surface area contributed by atoms with Crippen molar-refractivity contribution in [2.45, 2.75) is 52.3 Å². The summed E-state index contributed by atoms with van der Waals surface area (Å²) >= 11 is 0. The van der Waals surface area contributed by atoms with Crippen LogP contribution in [0.5, 0.6) is 0 Å². The number of carbonyl (C=O) groups is 1. The molecule has 4 heterocycles. The third-order valence-corrected chi connectivity index (χ3v) is 6.07. The molecular weight excluding hydrogens is 497 g/mol. The molecule has 3 N–H and O–H groups in total. The SMILES string of the molecule is CC(C)(O)CN1CCCC1.Cc1cccc(=O)n1CC(=O)NCc1cnc2[nH]cc(F)c2c1.c1ccccc1. The van der Waals surface area contributed by atoms with Crippen LogP contribution in [-0.2, 0) is 17.9 Å². The van der Waals surface area contributed by atoms with Crippen LogP contribution in [0, 0.1) is 12.7 Å². The number of halogens is 1. The molecule has 1 aliphatic heterocycles. The Balaban J connectivity index is 0.000000214. The number of aryl methyl sites for hydroxylation is 1. The topological polar surface area (TPSA) is 103 Å². The Morgan fingerprint density at radius 3 is 2.33 bits per heavy atom. The monoisotopic (exact) mass is 535 g/mol. The minimum absolute atomic E-state index is 0.0559. The molecule has 8 nitrogen and oxygen atoms in total. The van der Waals surface area contributed by atoms with E-state index in [-0.39, 0.29) is 30.4 Å². The maximum absolute atomic E-state index is 13.5. The summed E-state index contributed by atoms with van der Waals surface area (Å²) in [4.78, 5) is 32.9. The van der Waals surface area contributed by atoms with Gasteiger partial charge in [-0.1, -0.05) is 42.5 Å². The lowest BCUT2D eigenvalue weighted by Gasteiger charge is -2.24. The van der Waals surface area contributed by atoms with Gasteiger partial charge in [-0.25, -0.2) is 9.37 Å². The number of hydrogen-bond acceptors (Lipinski definition) is 5. The van der Waals surface area contributed by atoms with Crippen molar-refractivity contribution in [2.24, 2.45) is 0 Å². The highest BCUT2D eigenvalue weighted by molar-refractivity contribution is 5.78. The number of β-amino-alcohol motifs (C(OH)–C–C–N with tert-alkyl or cyclic N) is 1. The number of aromatic amines is 1. The fourth-order valence-electron chi connectivity index (χ4n) is 4.21. The number of benzene rings is 1. The number of nitrogens with zero attached hydrogens (tertiary/aromatic N) is 3. The van der Waals surface area contributed by atoms with Crippen LogP contribution in [0.4, 0.5) is 4.39 Å². The second-order valence-electron chi connectivity index (χ2n) is 10.2. The molecule has 0 aliphatic carbocycles. The van der Waals surface area contributed by atoms with Crippen molar-refractivity contribution in [1.29, 1.82) is 0 Å². The molecule has 208 valence electrons. The van der Waals surface area contributed by atoms with Gasteiger partial charge in [0, 0.05) is 37.2 Å². The van der Waals surface area contributed by atoms with Crippen molar-refractivity contribution in [2.75, 3.05) is 19.6 Å². The summed E-state index contributed by atoms with van der Waals surface area (Å²) in [7, 11) is 0. The number of likely N-dealkylation sites (tertiary alicyclic amines) is 1. The lowest BCUT2D eigenvalue weighted by atomic mass is 10.1. The summed E-state index contributed by atoms with van der Waals surface area (Å²) in [6.07, 6.45) is 5.41. The summed E-state index contributed by atoms with van der Waals surface area (Å²) in [5.74, 6) is -0.678. The summed E-state index contributed by atoms with van der Waals surface area (Å²) in [5.41, 5.74) is 1.12. The smallest absolute Gasteiger partial charge is 0.251 e. The van der Waals surface area contributed by atoms with E-state index >= 15 is 0 Å². The van der Waals surface area contributed by atoms with Crippen LogP contribution in [-0.4, -0.2) is 55.7 Å². The number of H-pyrrole nitrogens is 1. The van der Waals surface area contributed by atoms with Gasteiger partial charge in [-0.2, -0.15) is 0 Å². The lowest BCUT2D eigenvalue weighted by molar-refractivity contribution is -0.121. The Kier molecular flexibility index (Phi) is 11.0. The fourth-order valence-corrected chi connectivity index (χ4v) is 4.21. The van der Waals surface area contributed by atoms with Crippen LogP contribution in [0.25, 0.3) is 11.0 Å². The van der Waals surface area contributed by atoms with Gasteiger partial charge in [0.05, 0.1) is 11.0 Å². The minimum atomic E-state index is -0.510. The number of aliphatic hydroxyl groups is 1. The van der Waals surface area contributed by atoms with Crippen LogP contribution < -0.4 is 10.9 Å². The molecule has 0 radical (unpaired) electrons. The molecule has 1 aromatic carbocycles. The summed E-state index contributed by atoms with van der Waals surface area (Å²) < 4.78 is 14.9. The van der Waals surface area contributed by atoms with Crippen LogP contribution in [0.15, 0.2) is 77.9 Å². The highest BCUT2D eigenvalue weighted by atomic mass is 19.1. The molecule has 9 heteroatoms. The molecule has 1 saturated heterocycles. The van der Waals surface area contributed by atoms with E-state index in [1.54, 1.807) is 31.3 Å². The van der Waals surface area contributed by atoms with E-state index in [4.69, 9.17) is 0 Å². The number of hydrogen-bond donors (Lipinski definition) is 3. The first-order valence-electron chi connectivity index (χ1n) is 13.1. The van der Waals surface area contributed by atoms with Gasteiger partial charge in [-0.3, -0.25) is 9.59 Å². The average Bonchev–Trinajstić information content (AvgIpc) is 3.55. The molecule has 0 saturated carbocycles.